The molecule has 1 amide bonds. The highest BCUT2D eigenvalue weighted by Crippen LogP contribution is 2.17. The molecule has 0 saturated heterocycles. The molecule has 40 heavy (non-hydrogen) atoms. The van der Waals surface area contributed by atoms with E-state index in [0.29, 0.717) is 11.3 Å². The molecule has 0 aliphatic rings. The van der Waals surface area contributed by atoms with Crippen molar-refractivity contribution < 1.29 is 45.9 Å². The Bertz CT molecular complexity index is 1310. The van der Waals surface area contributed by atoms with E-state index in [4.69, 9.17) is 23.9 Å². The molecule has 0 aliphatic heterocycles. The topological polar surface area (TPSA) is 192 Å². The summed E-state index contributed by atoms with van der Waals surface area (Å²) >= 11 is 0. The van der Waals surface area contributed by atoms with Gasteiger partial charge in [-0.1, -0.05) is 34.9 Å². The number of amides is 1. The molecule has 0 bridgehead atoms. The van der Waals surface area contributed by atoms with Crippen LogP contribution in [0.4, 0.5) is 0 Å². The smallest absolute Gasteiger partial charge is 0.330 e. The highest BCUT2D eigenvalue weighted by atomic mass is 32.2. The van der Waals surface area contributed by atoms with E-state index in [-0.39, 0.29) is 24.7 Å². The van der Waals surface area contributed by atoms with Gasteiger partial charge in [0.25, 0.3) is 10.1 Å². The molecule has 0 fully saturated rings. The van der Waals surface area contributed by atoms with Gasteiger partial charge in [-0.2, -0.15) is 8.42 Å². The van der Waals surface area contributed by atoms with Crippen LogP contribution in [0, 0.1) is 6.92 Å². The monoisotopic (exact) mass is 578 g/mol. The van der Waals surface area contributed by atoms with Crippen molar-refractivity contribution in [2.75, 3.05) is 33.5 Å². The van der Waals surface area contributed by atoms with E-state index in [2.05, 4.69) is 20.1 Å². The summed E-state index contributed by atoms with van der Waals surface area (Å²) in [5.41, 5.74) is 9.84. The van der Waals surface area contributed by atoms with Gasteiger partial charge in [0.1, 0.15) is 25.5 Å². The third kappa shape index (κ3) is 11.3. The Hall–Kier alpha value is -4.17. The number of carbonyl (C=O) groups is 3. The Morgan fingerprint density at radius 1 is 1.07 bits per heavy atom. The molecule has 0 saturated carbocycles. The Morgan fingerprint density at radius 3 is 2.45 bits per heavy atom. The van der Waals surface area contributed by atoms with E-state index in [1.54, 1.807) is 36.4 Å². The number of hydrogen-bond donors (Lipinski definition) is 1. The van der Waals surface area contributed by atoms with Crippen LogP contribution in [0.25, 0.3) is 10.4 Å². The number of carbonyl (C=O) groups excluding carboxylic acids is 3. The summed E-state index contributed by atoms with van der Waals surface area (Å²) in [6.07, 6.45) is -1.02. The van der Waals surface area contributed by atoms with Crippen LogP contribution in [-0.2, 0) is 49.5 Å². The minimum atomic E-state index is -4.08. The average Bonchev–Trinajstić information content (AvgIpc) is 2.92. The first-order valence-corrected chi connectivity index (χ1v) is 13.3. The number of benzene rings is 2. The number of azide groups is 1. The van der Waals surface area contributed by atoms with Crippen molar-refractivity contribution in [1.29, 1.82) is 0 Å². The van der Waals surface area contributed by atoms with Crippen molar-refractivity contribution in [2.45, 2.75) is 37.5 Å². The molecule has 0 heterocycles. The second-order valence-electron chi connectivity index (χ2n) is 8.29. The largest absolute Gasteiger partial charge is 0.490 e. The number of aryl methyl sites for hydroxylation is 1. The fourth-order valence-corrected chi connectivity index (χ4v) is 4.08. The molecule has 0 aromatic heterocycles. The highest BCUT2D eigenvalue weighted by molar-refractivity contribution is 7.86. The summed E-state index contributed by atoms with van der Waals surface area (Å²) in [6, 6.07) is 11.6. The van der Waals surface area contributed by atoms with Crippen LogP contribution < -0.4 is 10.1 Å². The van der Waals surface area contributed by atoms with Crippen LogP contribution in [0.5, 0.6) is 5.75 Å². The summed E-state index contributed by atoms with van der Waals surface area (Å²) in [5.74, 6) is -1.69. The van der Waals surface area contributed by atoms with Gasteiger partial charge in [0.05, 0.1) is 25.2 Å². The molecule has 0 radical (unpaired) electrons. The fourth-order valence-electron chi connectivity index (χ4n) is 3.14. The molecule has 15 heteroatoms. The highest BCUT2D eigenvalue weighted by Gasteiger charge is 2.22. The van der Waals surface area contributed by atoms with Crippen molar-refractivity contribution in [1.82, 2.24) is 5.32 Å². The number of methoxy groups -OCH3 is 1. The standard InChI is InChI=1S/C25H30N4O10S/c1-17-7-9-22(10-8-17)40(33,34)38-15-21(39-18(2)30)14-37-20-6-4-5-19(11-20)13-36-16-23(25(32)35-3)28-24(31)12-27-29-26/h4-11,21,23H,12-16H2,1-3H3,(H,28,31). The Kier molecular flexibility index (Phi) is 12.9. The lowest BCUT2D eigenvalue weighted by atomic mass is 10.2. The van der Waals surface area contributed by atoms with Gasteiger partial charge in [-0.25, -0.2) is 4.79 Å². The molecule has 216 valence electrons. The van der Waals surface area contributed by atoms with Crippen LogP contribution in [0.15, 0.2) is 58.5 Å². The molecular formula is C25H30N4O10S. The number of esters is 2. The summed E-state index contributed by atoms with van der Waals surface area (Å²) in [5, 5.41) is 5.49. The zero-order chi connectivity index (χ0) is 29.5. The van der Waals surface area contributed by atoms with E-state index < -0.39 is 53.3 Å². The molecule has 2 aromatic rings. The van der Waals surface area contributed by atoms with E-state index in [1.807, 2.05) is 6.92 Å². The quantitative estimate of drug-likeness (QED) is 0.101. The maximum Gasteiger partial charge on any atom is 0.330 e. The van der Waals surface area contributed by atoms with E-state index in [9.17, 15) is 22.8 Å². The van der Waals surface area contributed by atoms with Crippen molar-refractivity contribution in [3.8, 4) is 5.75 Å². The van der Waals surface area contributed by atoms with E-state index >= 15 is 0 Å². The van der Waals surface area contributed by atoms with Gasteiger partial charge in [0.15, 0.2) is 12.1 Å². The maximum absolute atomic E-state index is 12.5. The van der Waals surface area contributed by atoms with Gasteiger partial charge in [0.2, 0.25) is 5.91 Å². The summed E-state index contributed by atoms with van der Waals surface area (Å²) in [7, 11) is -2.92. The molecular weight excluding hydrogens is 548 g/mol. The lowest BCUT2D eigenvalue weighted by molar-refractivity contribution is -0.149. The Balaban J connectivity index is 1.94. The van der Waals surface area contributed by atoms with Crippen LogP contribution >= 0.6 is 0 Å². The molecule has 2 aromatic carbocycles. The van der Waals surface area contributed by atoms with Crippen LogP contribution in [0.3, 0.4) is 0 Å². The van der Waals surface area contributed by atoms with Gasteiger partial charge in [0, 0.05) is 11.8 Å². The zero-order valence-corrected chi connectivity index (χ0v) is 23.0. The number of rotatable bonds is 16. The maximum atomic E-state index is 12.5. The zero-order valence-electron chi connectivity index (χ0n) is 22.1. The number of nitrogens with zero attached hydrogens (tertiary/aromatic N) is 3. The second kappa shape index (κ2) is 16.1. The third-order valence-electron chi connectivity index (χ3n) is 5.04. The molecule has 2 unspecified atom stereocenters. The van der Waals surface area contributed by atoms with Crippen LogP contribution in [0.2, 0.25) is 0 Å². The van der Waals surface area contributed by atoms with Gasteiger partial charge in [-0.05, 0) is 42.3 Å². The predicted molar refractivity (Wildman–Crippen MR) is 139 cm³/mol. The Morgan fingerprint density at radius 2 is 1.80 bits per heavy atom. The number of hydrogen-bond acceptors (Lipinski definition) is 11. The Labute approximate surface area is 231 Å². The minimum absolute atomic E-state index is 0.0297. The molecule has 0 aliphatic carbocycles. The fraction of sp³-hybridized carbons (Fsp3) is 0.400. The first-order chi connectivity index (χ1) is 19.0. The van der Waals surface area contributed by atoms with Crippen LogP contribution in [0.1, 0.15) is 18.1 Å². The third-order valence-corrected chi connectivity index (χ3v) is 6.33. The lowest BCUT2D eigenvalue weighted by Crippen LogP contribution is -2.45. The van der Waals surface area contributed by atoms with Crippen molar-refractivity contribution in [3.63, 3.8) is 0 Å². The molecule has 1 N–H and O–H groups in total. The first kappa shape index (κ1) is 32.0. The summed E-state index contributed by atoms with van der Waals surface area (Å²) < 4.78 is 51.1. The summed E-state index contributed by atoms with van der Waals surface area (Å²) in [6.45, 7) is 1.67. The molecule has 0 spiro atoms. The second-order valence-corrected chi connectivity index (χ2v) is 9.90. The van der Waals surface area contributed by atoms with Gasteiger partial charge < -0.3 is 24.3 Å². The molecule has 2 atom stereocenters. The summed E-state index contributed by atoms with van der Waals surface area (Å²) in [4.78, 5) is 37.7. The number of ether oxygens (including phenoxy) is 4. The average molecular weight is 579 g/mol. The SMILES string of the molecule is COC(=O)C(COCc1cccc(OCC(COS(=O)(=O)c2ccc(C)cc2)OC(C)=O)c1)NC(=O)CN=[N+]=[N-]. The lowest BCUT2D eigenvalue weighted by Gasteiger charge is -2.18. The van der Waals surface area contributed by atoms with Gasteiger partial charge in [-0.3, -0.25) is 13.8 Å². The van der Waals surface area contributed by atoms with E-state index in [1.165, 1.54) is 19.1 Å². The van der Waals surface area contributed by atoms with Crippen molar-refractivity contribution >= 4 is 28.0 Å². The minimum Gasteiger partial charge on any atom is -0.490 e. The van der Waals surface area contributed by atoms with Crippen molar-refractivity contribution in [3.05, 3.63) is 70.1 Å². The van der Waals surface area contributed by atoms with Crippen LogP contribution in [-0.4, -0.2) is 71.9 Å². The normalized spacial score (nSPS) is 12.4. The van der Waals surface area contributed by atoms with E-state index in [0.717, 1.165) is 12.7 Å². The van der Waals surface area contributed by atoms with Crippen molar-refractivity contribution in [2.24, 2.45) is 5.11 Å². The van der Waals surface area contributed by atoms with Gasteiger partial charge >= 0.3 is 11.9 Å². The number of nitrogens with one attached hydrogen (secondary N) is 1. The predicted octanol–water partition coefficient (Wildman–Crippen LogP) is 2.20. The first-order valence-electron chi connectivity index (χ1n) is 11.8. The van der Waals surface area contributed by atoms with Gasteiger partial charge in [-0.15, -0.1) is 0 Å². The molecule has 14 nitrogen and oxygen atoms in total. The molecule has 2 rings (SSSR count).